The smallest absolute Gasteiger partial charge is 0.434 e. The number of H-pyrrole nitrogens is 1. The predicted octanol–water partition coefficient (Wildman–Crippen LogP) is 0.426. The highest BCUT2D eigenvalue weighted by Crippen LogP contribution is 2.17. The summed E-state index contributed by atoms with van der Waals surface area (Å²) < 4.78 is 5.85. The van der Waals surface area contributed by atoms with Gasteiger partial charge in [0.25, 0.3) is 5.89 Å². The molecule has 0 aliphatic rings. The Labute approximate surface area is 85.9 Å². The van der Waals surface area contributed by atoms with Gasteiger partial charge in [0, 0.05) is 0 Å². The number of nitrogens with zero attached hydrogens (tertiary/aromatic N) is 2. The van der Waals surface area contributed by atoms with E-state index >= 15 is 0 Å². The molecule has 0 aliphatic carbocycles. The largest absolute Gasteiger partial charge is 0.619 e. The van der Waals surface area contributed by atoms with Gasteiger partial charge in [0.15, 0.2) is 12.4 Å². The second-order valence-corrected chi connectivity index (χ2v) is 3.44. The number of aromatic nitrogens is 3. The number of hydrogen-bond donors (Lipinski definition) is 1. The summed E-state index contributed by atoms with van der Waals surface area (Å²) in [7, 11) is 0. The van der Waals surface area contributed by atoms with Gasteiger partial charge in [0.2, 0.25) is 0 Å². The predicted molar refractivity (Wildman–Crippen MR) is 49.2 cm³/mol. The highest BCUT2D eigenvalue weighted by atomic mass is 79.9. The molecule has 14 heavy (non-hydrogen) atoms. The molecule has 6 nitrogen and oxygen atoms in total. The molecule has 0 saturated heterocycles. The molecule has 0 bridgehead atoms. The Kier molecular flexibility index (Phi) is 2.08. The van der Waals surface area contributed by atoms with Crippen LogP contribution < -0.4 is 10.5 Å². The molecule has 0 radical (unpaired) electrons. The van der Waals surface area contributed by atoms with E-state index < -0.39 is 5.76 Å². The zero-order chi connectivity index (χ0) is 10.1. The summed E-state index contributed by atoms with van der Waals surface area (Å²) in [5.41, 5.74) is 0.424. The maximum absolute atomic E-state index is 11.0. The summed E-state index contributed by atoms with van der Waals surface area (Å²) >= 11 is 3.14. The highest BCUT2D eigenvalue weighted by Gasteiger charge is 2.09. The summed E-state index contributed by atoms with van der Waals surface area (Å²) in [5, 5.41) is 16.7. The summed E-state index contributed by atoms with van der Waals surface area (Å²) in [6, 6.07) is 1.62. The molecule has 2 aromatic heterocycles. The molecule has 0 saturated carbocycles. The average Bonchev–Trinajstić information content (AvgIpc) is 2.50. The van der Waals surface area contributed by atoms with Crippen LogP contribution in [0.4, 0.5) is 0 Å². The summed E-state index contributed by atoms with van der Waals surface area (Å²) in [4.78, 5) is 10.7. The molecule has 0 aromatic carbocycles. The van der Waals surface area contributed by atoms with Crippen molar-refractivity contribution in [3.63, 3.8) is 0 Å². The van der Waals surface area contributed by atoms with Crippen LogP contribution in [0.2, 0.25) is 0 Å². The molecule has 0 fully saturated rings. The second kappa shape index (κ2) is 3.26. The molecule has 0 aliphatic heterocycles. The number of rotatable bonds is 1. The zero-order valence-corrected chi connectivity index (χ0v) is 8.32. The Morgan fingerprint density at radius 1 is 1.57 bits per heavy atom. The van der Waals surface area contributed by atoms with Crippen LogP contribution in [0.1, 0.15) is 0 Å². The van der Waals surface area contributed by atoms with E-state index in [-0.39, 0.29) is 5.89 Å². The Hall–Kier alpha value is -1.63. The quantitative estimate of drug-likeness (QED) is 0.593. The van der Waals surface area contributed by atoms with E-state index in [4.69, 9.17) is 0 Å². The van der Waals surface area contributed by atoms with Gasteiger partial charge in [0.05, 0.1) is 4.47 Å². The van der Waals surface area contributed by atoms with E-state index in [0.717, 1.165) is 0 Å². The molecule has 2 rings (SSSR count). The molecule has 0 unspecified atom stereocenters. The monoisotopic (exact) mass is 257 g/mol. The van der Waals surface area contributed by atoms with Gasteiger partial charge in [-0.3, -0.25) is 0 Å². The lowest BCUT2D eigenvalue weighted by Gasteiger charge is -1.97. The van der Waals surface area contributed by atoms with Gasteiger partial charge in [-0.25, -0.2) is 9.89 Å². The minimum absolute atomic E-state index is 0.0842. The van der Waals surface area contributed by atoms with Crippen LogP contribution in [0, 0.1) is 5.21 Å². The number of aromatic amines is 1. The molecule has 1 N–H and O–H groups in total. The molecule has 2 aromatic rings. The minimum Gasteiger partial charge on any atom is -0.619 e. The zero-order valence-electron chi connectivity index (χ0n) is 6.73. The van der Waals surface area contributed by atoms with E-state index in [2.05, 4.69) is 30.5 Å². The van der Waals surface area contributed by atoms with Crippen molar-refractivity contribution in [2.75, 3.05) is 0 Å². The van der Waals surface area contributed by atoms with E-state index in [9.17, 15) is 10.0 Å². The topological polar surface area (TPSA) is 85.8 Å². The van der Waals surface area contributed by atoms with Gasteiger partial charge in [-0.2, -0.15) is 4.73 Å². The Morgan fingerprint density at radius 3 is 2.93 bits per heavy atom. The molecule has 0 spiro atoms. The molecule has 7 heteroatoms. The average molecular weight is 258 g/mol. The van der Waals surface area contributed by atoms with Gasteiger partial charge < -0.3 is 9.62 Å². The third-order valence-corrected chi connectivity index (χ3v) is 1.93. The van der Waals surface area contributed by atoms with E-state index in [1.165, 1.54) is 12.4 Å². The first kappa shape index (κ1) is 8.95. The lowest BCUT2D eigenvalue weighted by atomic mass is 10.3. The molecular weight excluding hydrogens is 254 g/mol. The first-order valence-corrected chi connectivity index (χ1v) is 4.40. The van der Waals surface area contributed by atoms with Crippen molar-refractivity contribution in [3.05, 3.63) is 38.7 Å². The first-order valence-electron chi connectivity index (χ1n) is 3.60. The van der Waals surface area contributed by atoms with Crippen LogP contribution >= 0.6 is 15.9 Å². The van der Waals surface area contributed by atoms with Gasteiger partial charge in [-0.15, -0.1) is 5.10 Å². The standard InChI is InChI=1S/C7H4BrN3O3/c8-5-1-4(2-11(13)3-5)6-9-10-7(12)14-6/h1-3H,(H,10,12). The normalized spacial score (nSPS) is 10.4. The van der Waals surface area contributed by atoms with Crippen molar-refractivity contribution in [1.29, 1.82) is 0 Å². The van der Waals surface area contributed by atoms with Gasteiger partial charge in [-0.05, 0) is 22.0 Å². The third kappa shape index (κ3) is 1.67. The lowest BCUT2D eigenvalue weighted by molar-refractivity contribution is -0.605. The van der Waals surface area contributed by atoms with Crippen molar-refractivity contribution < 1.29 is 9.15 Å². The molecule has 0 atom stereocenters. The number of hydrogen-bond acceptors (Lipinski definition) is 4. The van der Waals surface area contributed by atoms with Crippen LogP contribution in [-0.4, -0.2) is 10.2 Å². The van der Waals surface area contributed by atoms with Gasteiger partial charge in [0.1, 0.15) is 5.56 Å². The fourth-order valence-corrected chi connectivity index (χ4v) is 1.44. The van der Waals surface area contributed by atoms with Gasteiger partial charge in [-0.1, -0.05) is 0 Å². The molecule has 2 heterocycles. The minimum atomic E-state index is -0.655. The maximum atomic E-state index is 11.0. The fourth-order valence-electron chi connectivity index (χ4n) is 0.989. The van der Waals surface area contributed by atoms with Crippen molar-refractivity contribution in [1.82, 2.24) is 10.2 Å². The van der Waals surface area contributed by atoms with Crippen LogP contribution in [0.15, 0.2) is 32.1 Å². The van der Waals surface area contributed by atoms with Crippen molar-refractivity contribution in [2.45, 2.75) is 0 Å². The second-order valence-electron chi connectivity index (χ2n) is 2.52. The molecule has 0 amide bonds. The summed E-state index contributed by atoms with van der Waals surface area (Å²) in [6.45, 7) is 0. The fraction of sp³-hybridized carbons (Fsp3) is 0. The van der Waals surface area contributed by atoms with Crippen molar-refractivity contribution in [3.8, 4) is 11.5 Å². The van der Waals surface area contributed by atoms with Crippen molar-refractivity contribution >= 4 is 15.9 Å². The first-order chi connectivity index (χ1) is 6.65. The summed E-state index contributed by atoms with van der Waals surface area (Å²) in [5.74, 6) is -0.571. The SMILES string of the molecule is O=c1[nH]nc(-c2cc(Br)c[n+]([O-])c2)o1. The van der Waals surface area contributed by atoms with E-state index in [1.807, 2.05) is 0 Å². The molecule has 72 valence electrons. The van der Waals surface area contributed by atoms with E-state index in [0.29, 0.717) is 14.8 Å². The van der Waals surface area contributed by atoms with Crippen LogP contribution in [0.5, 0.6) is 0 Å². The highest BCUT2D eigenvalue weighted by molar-refractivity contribution is 9.10. The number of nitrogens with one attached hydrogen (secondary N) is 1. The van der Waals surface area contributed by atoms with E-state index in [1.54, 1.807) is 6.07 Å². The number of pyridine rings is 1. The lowest BCUT2D eigenvalue weighted by Crippen LogP contribution is -2.24. The summed E-state index contributed by atoms with van der Waals surface area (Å²) in [6.07, 6.45) is 2.58. The number of halogens is 1. The van der Waals surface area contributed by atoms with Gasteiger partial charge >= 0.3 is 5.76 Å². The Balaban J connectivity index is 2.56. The Bertz CT molecular complexity index is 499. The third-order valence-electron chi connectivity index (χ3n) is 1.50. The van der Waals surface area contributed by atoms with Crippen molar-refractivity contribution in [2.24, 2.45) is 0 Å². The Morgan fingerprint density at radius 2 is 2.36 bits per heavy atom. The maximum Gasteiger partial charge on any atom is 0.434 e. The van der Waals surface area contributed by atoms with Crippen LogP contribution in [0.3, 0.4) is 0 Å². The molecular formula is C7H4BrN3O3. The van der Waals surface area contributed by atoms with Crippen LogP contribution in [-0.2, 0) is 0 Å². The van der Waals surface area contributed by atoms with Crippen LogP contribution in [0.25, 0.3) is 11.5 Å².